The number of rotatable bonds is 6. The molecule has 0 atom stereocenters. The van der Waals surface area contributed by atoms with E-state index in [1.54, 1.807) is 6.07 Å². The maximum atomic E-state index is 13.4. The van der Waals surface area contributed by atoms with Gasteiger partial charge in [0.15, 0.2) is 0 Å². The molecule has 0 saturated heterocycles. The van der Waals surface area contributed by atoms with Gasteiger partial charge in [-0.3, -0.25) is 4.90 Å². The highest BCUT2D eigenvalue weighted by Crippen LogP contribution is 2.26. The van der Waals surface area contributed by atoms with Crippen LogP contribution in [0, 0.1) is 5.82 Å². The number of nitrogens with one attached hydrogen (secondary N) is 1. The average Bonchev–Trinajstić information content (AvgIpc) is 2.29. The Balaban J connectivity index is 2.60. The summed E-state index contributed by atoms with van der Waals surface area (Å²) in [7, 11) is 0. The number of benzene rings is 1. The van der Waals surface area contributed by atoms with Crippen molar-refractivity contribution in [2.24, 2.45) is 0 Å². The molecule has 0 unspecified atom stereocenters. The smallest absolute Gasteiger partial charge is 0.139 e. The number of anilines is 2. The van der Waals surface area contributed by atoms with E-state index in [4.69, 9.17) is 5.73 Å². The average molecular weight is 332 g/mol. The number of nitrogens with two attached hydrogens (primary N) is 1. The van der Waals surface area contributed by atoms with E-state index in [0.717, 1.165) is 13.1 Å². The largest absolute Gasteiger partial charge is 0.397 e. The molecule has 0 saturated carbocycles. The summed E-state index contributed by atoms with van der Waals surface area (Å²) in [6.45, 7) is 10.3. The number of nitrogen functional groups attached to an aromatic ring is 1. The Hall–Kier alpha value is -0.810. The molecule has 0 fully saturated rings. The Morgan fingerprint density at radius 2 is 1.84 bits per heavy atom. The third-order valence-electron chi connectivity index (χ3n) is 3.10. The lowest BCUT2D eigenvalue weighted by molar-refractivity contribution is 0.182. The molecular formula is C14H23BrFN3. The molecule has 1 aromatic carbocycles. The van der Waals surface area contributed by atoms with E-state index in [9.17, 15) is 4.39 Å². The first kappa shape index (κ1) is 16.2. The summed E-state index contributed by atoms with van der Waals surface area (Å²) in [6, 6.07) is 3.98. The molecular weight excluding hydrogens is 309 g/mol. The third-order valence-corrected chi connectivity index (χ3v) is 3.71. The van der Waals surface area contributed by atoms with Gasteiger partial charge in [0.05, 0.1) is 15.8 Å². The van der Waals surface area contributed by atoms with Crippen molar-refractivity contribution in [3.63, 3.8) is 0 Å². The van der Waals surface area contributed by atoms with Crippen molar-refractivity contribution < 1.29 is 4.39 Å². The van der Waals surface area contributed by atoms with Crippen molar-refractivity contribution in [3.8, 4) is 0 Å². The SMILES string of the molecule is CC(C)N(CCNc1cc(F)c(Br)cc1N)C(C)C. The fourth-order valence-corrected chi connectivity index (χ4v) is 2.51. The summed E-state index contributed by atoms with van der Waals surface area (Å²) < 4.78 is 13.8. The van der Waals surface area contributed by atoms with Crippen molar-refractivity contribution >= 4 is 27.3 Å². The predicted octanol–water partition coefficient (Wildman–Crippen LogP) is 3.70. The highest BCUT2D eigenvalue weighted by molar-refractivity contribution is 9.10. The minimum Gasteiger partial charge on any atom is -0.397 e. The molecule has 3 N–H and O–H groups in total. The van der Waals surface area contributed by atoms with Crippen molar-refractivity contribution in [2.45, 2.75) is 39.8 Å². The van der Waals surface area contributed by atoms with E-state index in [1.165, 1.54) is 6.07 Å². The van der Waals surface area contributed by atoms with Crippen LogP contribution in [-0.2, 0) is 0 Å². The van der Waals surface area contributed by atoms with Crippen LogP contribution in [0.2, 0.25) is 0 Å². The fourth-order valence-electron chi connectivity index (χ4n) is 2.15. The molecule has 1 rings (SSSR count). The fraction of sp³-hybridized carbons (Fsp3) is 0.571. The molecule has 0 aliphatic heterocycles. The predicted molar refractivity (Wildman–Crippen MR) is 84.0 cm³/mol. The highest BCUT2D eigenvalue weighted by atomic mass is 79.9. The van der Waals surface area contributed by atoms with E-state index >= 15 is 0 Å². The Bertz CT molecular complexity index is 413. The van der Waals surface area contributed by atoms with Gasteiger partial charge in [0, 0.05) is 31.2 Å². The van der Waals surface area contributed by atoms with Crippen LogP contribution in [0.4, 0.5) is 15.8 Å². The van der Waals surface area contributed by atoms with Gasteiger partial charge in [-0.15, -0.1) is 0 Å². The van der Waals surface area contributed by atoms with Crippen LogP contribution in [0.5, 0.6) is 0 Å². The van der Waals surface area contributed by atoms with Gasteiger partial charge >= 0.3 is 0 Å². The second kappa shape index (κ2) is 7.10. The first-order chi connectivity index (χ1) is 8.82. The van der Waals surface area contributed by atoms with E-state index in [1.807, 2.05) is 0 Å². The van der Waals surface area contributed by atoms with E-state index in [-0.39, 0.29) is 5.82 Å². The first-order valence-corrected chi connectivity index (χ1v) is 7.36. The molecule has 19 heavy (non-hydrogen) atoms. The molecule has 1 aromatic rings. The van der Waals surface area contributed by atoms with Gasteiger partial charge in [-0.1, -0.05) is 0 Å². The molecule has 0 aliphatic rings. The maximum absolute atomic E-state index is 13.4. The third kappa shape index (κ3) is 4.66. The molecule has 108 valence electrons. The lowest BCUT2D eigenvalue weighted by Crippen LogP contribution is -2.40. The van der Waals surface area contributed by atoms with Crippen LogP contribution < -0.4 is 11.1 Å². The second-order valence-electron chi connectivity index (χ2n) is 5.21. The van der Waals surface area contributed by atoms with E-state index < -0.39 is 0 Å². The summed E-state index contributed by atoms with van der Waals surface area (Å²) in [4.78, 5) is 2.37. The molecule has 5 heteroatoms. The molecule has 0 bridgehead atoms. The molecule has 0 radical (unpaired) electrons. The normalized spacial score (nSPS) is 11.6. The van der Waals surface area contributed by atoms with Crippen LogP contribution in [0.25, 0.3) is 0 Å². The molecule has 3 nitrogen and oxygen atoms in total. The van der Waals surface area contributed by atoms with E-state index in [0.29, 0.717) is 27.9 Å². The van der Waals surface area contributed by atoms with Gasteiger partial charge < -0.3 is 11.1 Å². The number of hydrogen-bond acceptors (Lipinski definition) is 3. The Morgan fingerprint density at radius 1 is 1.26 bits per heavy atom. The molecule has 0 amide bonds. The van der Waals surface area contributed by atoms with Gasteiger partial charge in [-0.2, -0.15) is 0 Å². The quantitative estimate of drug-likeness (QED) is 0.781. The standard InChI is InChI=1S/C14H23BrFN3/c1-9(2)19(10(3)4)6-5-18-14-8-12(16)11(15)7-13(14)17/h7-10,18H,5-6,17H2,1-4H3. The first-order valence-electron chi connectivity index (χ1n) is 6.57. The zero-order valence-electron chi connectivity index (χ0n) is 12.0. The van der Waals surface area contributed by atoms with Gasteiger partial charge in [-0.05, 0) is 49.7 Å². The highest BCUT2D eigenvalue weighted by Gasteiger charge is 2.13. The zero-order valence-corrected chi connectivity index (χ0v) is 13.6. The minimum absolute atomic E-state index is 0.304. The zero-order chi connectivity index (χ0) is 14.6. The Morgan fingerprint density at radius 3 is 2.37 bits per heavy atom. The molecule has 0 spiro atoms. The number of halogens is 2. The van der Waals surface area contributed by atoms with Crippen LogP contribution in [0.15, 0.2) is 16.6 Å². The lowest BCUT2D eigenvalue weighted by Gasteiger charge is -2.30. The molecule has 0 heterocycles. The monoisotopic (exact) mass is 331 g/mol. The van der Waals surface area contributed by atoms with Gasteiger partial charge in [0.1, 0.15) is 5.82 Å². The van der Waals surface area contributed by atoms with Crippen molar-refractivity contribution in [1.82, 2.24) is 4.90 Å². The van der Waals surface area contributed by atoms with Crippen LogP contribution in [-0.4, -0.2) is 30.1 Å². The van der Waals surface area contributed by atoms with E-state index in [2.05, 4.69) is 53.8 Å². The number of nitrogens with zero attached hydrogens (tertiary/aromatic N) is 1. The van der Waals surface area contributed by atoms with Gasteiger partial charge in [-0.25, -0.2) is 4.39 Å². The Kier molecular flexibility index (Phi) is 6.07. The number of hydrogen-bond donors (Lipinski definition) is 2. The molecule has 0 aliphatic carbocycles. The minimum atomic E-state index is -0.304. The summed E-state index contributed by atoms with van der Waals surface area (Å²) in [5.74, 6) is -0.304. The summed E-state index contributed by atoms with van der Waals surface area (Å²) >= 11 is 3.12. The Labute approximate surface area is 123 Å². The van der Waals surface area contributed by atoms with Crippen molar-refractivity contribution in [2.75, 3.05) is 24.1 Å². The maximum Gasteiger partial charge on any atom is 0.139 e. The van der Waals surface area contributed by atoms with Crippen LogP contribution in [0.3, 0.4) is 0 Å². The topological polar surface area (TPSA) is 41.3 Å². The van der Waals surface area contributed by atoms with Crippen molar-refractivity contribution in [3.05, 3.63) is 22.4 Å². The summed E-state index contributed by atoms with van der Waals surface area (Å²) in [6.07, 6.45) is 0. The summed E-state index contributed by atoms with van der Waals surface area (Å²) in [5, 5.41) is 3.19. The second-order valence-corrected chi connectivity index (χ2v) is 6.06. The van der Waals surface area contributed by atoms with Crippen molar-refractivity contribution in [1.29, 1.82) is 0 Å². The summed E-state index contributed by atoms with van der Waals surface area (Å²) in [5.41, 5.74) is 7.05. The van der Waals surface area contributed by atoms with Crippen LogP contribution >= 0.6 is 15.9 Å². The lowest BCUT2D eigenvalue weighted by atomic mass is 10.2. The van der Waals surface area contributed by atoms with Gasteiger partial charge in [0.25, 0.3) is 0 Å². The van der Waals surface area contributed by atoms with Gasteiger partial charge in [0.2, 0.25) is 0 Å². The molecule has 0 aromatic heterocycles. The van der Waals surface area contributed by atoms with Crippen LogP contribution in [0.1, 0.15) is 27.7 Å².